The van der Waals surface area contributed by atoms with Crippen molar-refractivity contribution in [1.29, 1.82) is 0 Å². The summed E-state index contributed by atoms with van der Waals surface area (Å²) in [4.78, 5) is 16.8. The highest BCUT2D eigenvalue weighted by molar-refractivity contribution is 8.01. The second kappa shape index (κ2) is 9.67. The number of nitrogens with zero attached hydrogens (tertiary/aromatic N) is 2. The number of nitrogens with one attached hydrogen (secondary N) is 1. The Morgan fingerprint density at radius 2 is 2.13 bits per heavy atom. The van der Waals surface area contributed by atoms with Gasteiger partial charge in [0.05, 0.1) is 30.1 Å². The number of ether oxygens (including phenoxy) is 2. The fourth-order valence-electron chi connectivity index (χ4n) is 2.71. The molecule has 0 unspecified atom stereocenters. The van der Waals surface area contributed by atoms with Crippen molar-refractivity contribution in [3.05, 3.63) is 65.9 Å². The third-order valence-electron chi connectivity index (χ3n) is 4.13. The minimum atomic E-state index is -0.336. The molecule has 31 heavy (non-hydrogen) atoms. The van der Waals surface area contributed by atoms with E-state index < -0.39 is 0 Å². The van der Waals surface area contributed by atoms with Gasteiger partial charge in [0.1, 0.15) is 17.3 Å². The zero-order valence-electron chi connectivity index (χ0n) is 16.8. The van der Waals surface area contributed by atoms with Gasteiger partial charge in [-0.15, -0.1) is 11.3 Å². The average molecular weight is 454 g/mol. The maximum Gasteiger partial charge on any atom is 0.271 e. The van der Waals surface area contributed by atoms with E-state index in [1.807, 2.05) is 31.2 Å². The number of carbonyl (C=O) groups is 1. The van der Waals surface area contributed by atoms with Crippen molar-refractivity contribution in [2.75, 3.05) is 13.7 Å². The molecule has 0 saturated carbocycles. The molecular weight excluding hydrogens is 434 g/mol. The van der Waals surface area contributed by atoms with Crippen LogP contribution in [0.5, 0.6) is 11.5 Å². The van der Waals surface area contributed by atoms with E-state index in [2.05, 4.69) is 15.5 Å². The van der Waals surface area contributed by atoms with Crippen molar-refractivity contribution in [2.45, 2.75) is 16.4 Å². The van der Waals surface area contributed by atoms with Gasteiger partial charge in [-0.2, -0.15) is 5.10 Å². The molecule has 0 saturated heterocycles. The smallest absolute Gasteiger partial charge is 0.271 e. The number of methoxy groups -OCH3 is 1. The van der Waals surface area contributed by atoms with Crippen LogP contribution in [0.2, 0.25) is 0 Å². The Morgan fingerprint density at radius 3 is 2.97 bits per heavy atom. The van der Waals surface area contributed by atoms with Crippen molar-refractivity contribution in [1.82, 2.24) is 10.4 Å². The molecule has 0 radical (unpaired) electrons. The van der Waals surface area contributed by atoms with E-state index in [1.165, 1.54) is 18.0 Å². The molecule has 1 N–H and O–H groups in total. The van der Waals surface area contributed by atoms with Gasteiger partial charge in [-0.25, -0.2) is 10.4 Å². The summed E-state index contributed by atoms with van der Waals surface area (Å²) in [6, 6.07) is 16.3. The molecule has 1 amide bonds. The first-order valence-electron chi connectivity index (χ1n) is 9.43. The number of hydrogen-bond donors (Lipinski definition) is 1. The number of rotatable bonds is 8. The quantitative estimate of drug-likeness (QED) is 0.291. The van der Waals surface area contributed by atoms with E-state index in [4.69, 9.17) is 13.9 Å². The zero-order chi connectivity index (χ0) is 21.6. The molecule has 158 valence electrons. The molecule has 0 bridgehead atoms. The summed E-state index contributed by atoms with van der Waals surface area (Å²) >= 11 is 3.01. The lowest BCUT2D eigenvalue weighted by Gasteiger charge is -2.02. The third kappa shape index (κ3) is 5.25. The van der Waals surface area contributed by atoms with Crippen LogP contribution in [0.3, 0.4) is 0 Å². The molecule has 4 rings (SSSR count). The summed E-state index contributed by atoms with van der Waals surface area (Å²) < 4.78 is 18.3. The fraction of sp³-hybridized carbons (Fsp3) is 0.136. The Balaban J connectivity index is 1.37. The van der Waals surface area contributed by atoms with Crippen molar-refractivity contribution in [2.24, 2.45) is 5.10 Å². The highest BCUT2D eigenvalue weighted by atomic mass is 32.2. The van der Waals surface area contributed by atoms with Crippen LogP contribution >= 0.6 is 23.1 Å². The van der Waals surface area contributed by atoms with Crippen LogP contribution in [-0.4, -0.2) is 30.8 Å². The first kappa shape index (κ1) is 21.0. The predicted molar refractivity (Wildman–Crippen MR) is 122 cm³/mol. The lowest BCUT2D eigenvalue weighted by atomic mass is 10.2. The number of hydrogen-bond acceptors (Lipinski definition) is 8. The van der Waals surface area contributed by atoms with E-state index in [0.717, 1.165) is 20.3 Å². The lowest BCUT2D eigenvalue weighted by molar-refractivity contribution is 0.0954. The van der Waals surface area contributed by atoms with E-state index >= 15 is 0 Å². The maximum atomic E-state index is 12.2. The van der Waals surface area contributed by atoms with E-state index in [0.29, 0.717) is 28.8 Å². The van der Waals surface area contributed by atoms with Crippen molar-refractivity contribution < 1.29 is 18.7 Å². The summed E-state index contributed by atoms with van der Waals surface area (Å²) in [5, 5.41) is 4.65. The van der Waals surface area contributed by atoms with Crippen molar-refractivity contribution in [3.8, 4) is 11.5 Å². The molecule has 0 atom stereocenters. The van der Waals surface area contributed by atoms with Gasteiger partial charge in [-0.3, -0.25) is 4.79 Å². The second-order valence-electron chi connectivity index (χ2n) is 6.23. The summed E-state index contributed by atoms with van der Waals surface area (Å²) in [5.41, 5.74) is 3.85. The Bertz CT molecular complexity index is 1230. The number of furan rings is 1. The number of aromatic nitrogens is 1. The number of fused-ring (bicyclic) bond motifs is 1. The largest absolute Gasteiger partial charge is 0.497 e. The molecule has 0 aliphatic carbocycles. The Morgan fingerprint density at radius 1 is 1.23 bits per heavy atom. The first-order valence-corrected chi connectivity index (χ1v) is 11.1. The predicted octanol–water partition coefficient (Wildman–Crippen LogP) is 5.21. The number of amides is 1. The Labute approximate surface area is 187 Å². The van der Waals surface area contributed by atoms with Crippen LogP contribution in [-0.2, 0) is 0 Å². The molecule has 7 nitrogen and oxygen atoms in total. The van der Waals surface area contributed by atoms with Crippen LogP contribution < -0.4 is 14.9 Å². The number of carbonyl (C=O) groups excluding carboxylic acids is 1. The summed E-state index contributed by atoms with van der Waals surface area (Å²) in [6.45, 7) is 2.59. The summed E-state index contributed by atoms with van der Waals surface area (Å²) in [5.74, 6) is 1.63. The van der Waals surface area contributed by atoms with Gasteiger partial charge in [0.2, 0.25) is 0 Å². The highest BCUT2D eigenvalue weighted by Gasteiger charge is 2.10. The topological polar surface area (TPSA) is 86.0 Å². The zero-order valence-corrected chi connectivity index (χ0v) is 18.5. The Hall–Kier alpha value is -3.30. The second-order valence-corrected chi connectivity index (χ2v) is 8.51. The number of thiazole rings is 1. The van der Waals surface area contributed by atoms with Crippen LogP contribution in [0.15, 0.2) is 73.5 Å². The molecule has 0 fully saturated rings. The summed E-state index contributed by atoms with van der Waals surface area (Å²) in [6.07, 6.45) is 1.45. The molecule has 2 aromatic carbocycles. The minimum Gasteiger partial charge on any atom is -0.497 e. The van der Waals surface area contributed by atoms with E-state index in [9.17, 15) is 4.79 Å². The van der Waals surface area contributed by atoms with Crippen LogP contribution in [0.4, 0.5) is 0 Å². The van der Waals surface area contributed by atoms with Gasteiger partial charge < -0.3 is 13.9 Å². The molecule has 4 aromatic rings. The molecule has 9 heteroatoms. The number of benzene rings is 2. The normalized spacial score (nSPS) is 11.2. The van der Waals surface area contributed by atoms with E-state index in [-0.39, 0.29) is 5.91 Å². The fourth-order valence-corrected chi connectivity index (χ4v) is 4.71. The first-order chi connectivity index (χ1) is 15.1. The molecule has 0 aliphatic rings. The SMILES string of the molecule is CCOc1ccc2nc(Sc3ccc(/C=N/NC(=O)c4cccc(OC)c4)o3)sc2c1. The minimum absolute atomic E-state index is 0.336. The molecule has 2 aromatic heterocycles. The molecule has 0 aliphatic heterocycles. The Kier molecular flexibility index (Phi) is 6.54. The molecule has 2 heterocycles. The molecular formula is C22H19N3O4S2. The number of hydrazone groups is 1. The standard InChI is InChI=1S/C22H19N3O4S2/c1-3-28-16-7-9-18-19(12-16)30-22(24-18)31-20-10-8-17(29-20)13-23-25-21(26)14-5-4-6-15(11-14)27-2/h4-13H,3H2,1-2H3,(H,25,26)/b23-13+. The maximum absolute atomic E-state index is 12.2. The van der Waals surface area contributed by atoms with Gasteiger partial charge in [0.25, 0.3) is 5.91 Å². The van der Waals surface area contributed by atoms with Gasteiger partial charge in [0, 0.05) is 5.56 Å². The third-order valence-corrected chi connectivity index (χ3v) is 6.13. The highest BCUT2D eigenvalue weighted by Crippen LogP contribution is 2.36. The van der Waals surface area contributed by atoms with Gasteiger partial charge >= 0.3 is 0 Å². The van der Waals surface area contributed by atoms with Gasteiger partial charge in [-0.05, 0) is 67.2 Å². The monoisotopic (exact) mass is 453 g/mol. The summed E-state index contributed by atoms with van der Waals surface area (Å²) in [7, 11) is 1.55. The van der Waals surface area contributed by atoms with Crippen molar-refractivity contribution in [3.63, 3.8) is 0 Å². The lowest BCUT2D eigenvalue weighted by Crippen LogP contribution is -2.17. The van der Waals surface area contributed by atoms with Crippen LogP contribution in [0, 0.1) is 0 Å². The van der Waals surface area contributed by atoms with Crippen LogP contribution in [0.1, 0.15) is 23.0 Å². The van der Waals surface area contributed by atoms with Crippen molar-refractivity contribution >= 4 is 45.4 Å². The average Bonchev–Trinajstić information content (AvgIpc) is 3.40. The van der Waals surface area contributed by atoms with Crippen LogP contribution in [0.25, 0.3) is 10.2 Å². The van der Waals surface area contributed by atoms with Gasteiger partial charge in [0.15, 0.2) is 9.43 Å². The molecule has 0 spiro atoms. The van der Waals surface area contributed by atoms with E-state index in [1.54, 1.807) is 48.8 Å². The van der Waals surface area contributed by atoms with Gasteiger partial charge in [-0.1, -0.05) is 6.07 Å².